The molecule has 0 spiro atoms. The summed E-state index contributed by atoms with van der Waals surface area (Å²) in [6.07, 6.45) is 4.31. The van der Waals surface area contributed by atoms with E-state index >= 15 is 0 Å². The summed E-state index contributed by atoms with van der Waals surface area (Å²) in [6.45, 7) is 11.3. The fourth-order valence-corrected chi connectivity index (χ4v) is 2.50. The molecule has 98 valence electrons. The molecule has 0 saturated heterocycles. The summed E-state index contributed by atoms with van der Waals surface area (Å²) in [5, 5.41) is 0. The predicted octanol–water partition coefficient (Wildman–Crippen LogP) is 3.55. The minimum Gasteiger partial charge on any atom is -0.483 e. The van der Waals surface area contributed by atoms with Gasteiger partial charge in [0.05, 0.1) is 0 Å². The Morgan fingerprint density at radius 3 is 2.61 bits per heavy atom. The number of rotatable bonds is 2. The Morgan fingerprint density at radius 1 is 1.33 bits per heavy atom. The third-order valence-electron chi connectivity index (χ3n) is 3.71. The van der Waals surface area contributed by atoms with E-state index in [9.17, 15) is 0 Å². The lowest BCUT2D eigenvalue weighted by atomic mass is 9.88. The summed E-state index contributed by atoms with van der Waals surface area (Å²) in [7, 11) is 0. The lowest BCUT2D eigenvalue weighted by Crippen LogP contribution is -2.28. The van der Waals surface area contributed by atoms with Crippen LogP contribution in [0.5, 0.6) is 5.75 Å². The molecule has 0 radical (unpaired) electrons. The molecule has 18 heavy (non-hydrogen) atoms. The molecule has 0 aromatic heterocycles. The molecule has 0 fully saturated rings. The third-order valence-corrected chi connectivity index (χ3v) is 3.71. The molecular weight excluding hydrogens is 222 g/mol. The molecule has 0 aliphatic carbocycles. The van der Waals surface area contributed by atoms with E-state index in [2.05, 4.69) is 52.8 Å². The highest BCUT2D eigenvalue weighted by molar-refractivity contribution is 5.68. The molecule has 1 aromatic carbocycles. The van der Waals surface area contributed by atoms with Crippen LogP contribution in [0.2, 0.25) is 0 Å². The number of nitrogens with two attached hydrogens (primary N) is 1. The number of fused-ring (bicyclic) bond motifs is 1. The molecule has 1 aliphatic rings. The van der Waals surface area contributed by atoms with Crippen molar-refractivity contribution in [2.75, 3.05) is 6.54 Å². The zero-order valence-corrected chi connectivity index (χ0v) is 12.0. The molecule has 1 unspecified atom stereocenters. The Kier molecular flexibility index (Phi) is 3.24. The molecule has 0 saturated carbocycles. The van der Waals surface area contributed by atoms with E-state index in [-0.39, 0.29) is 5.60 Å². The highest BCUT2D eigenvalue weighted by Crippen LogP contribution is 2.38. The summed E-state index contributed by atoms with van der Waals surface area (Å²) >= 11 is 0. The molecule has 0 amide bonds. The molecule has 2 heteroatoms. The van der Waals surface area contributed by atoms with Crippen molar-refractivity contribution in [3.05, 3.63) is 34.4 Å². The van der Waals surface area contributed by atoms with Gasteiger partial charge in [-0.2, -0.15) is 0 Å². The van der Waals surface area contributed by atoms with Crippen LogP contribution in [0, 0.1) is 13.8 Å². The first-order chi connectivity index (χ1) is 8.35. The highest BCUT2D eigenvalue weighted by Gasteiger charge is 2.25. The summed E-state index contributed by atoms with van der Waals surface area (Å²) in [6, 6.07) is 2.22. The summed E-state index contributed by atoms with van der Waals surface area (Å²) in [5.41, 5.74) is 10.6. The van der Waals surface area contributed by atoms with Crippen LogP contribution in [-0.4, -0.2) is 12.1 Å². The van der Waals surface area contributed by atoms with Crippen molar-refractivity contribution in [2.24, 2.45) is 5.73 Å². The maximum atomic E-state index is 6.08. The quantitative estimate of drug-likeness (QED) is 0.864. The van der Waals surface area contributed by atoms with Gasteiger partial charge in [-0.05, 0) is 62.9 Å². The van der Waals surface area contributed by atoms with Gasteiger partial charge in [-0.15, -0.1) is 0 Å². The van der Waals surface area contributed by atoms with Crippen LogP contribution in [0.4, 0.5) is 0 Å². The zero-order valence-electron chi connectivity index (χ0n) is 12.0. The zero-order chi connectivity index (χ0) is 13.5. The second-order valence-electron chi connectivity index (χ2n) is 5.83. The van der Waals surface area contributed by atoms with E-state index in [0.717, 1.165) is 5.75 Å². The standard InChI is InChI=1S/C16H23NO/c1-10-8-14(11(2)9-17)12(3)13-6-7-16(4,5)18-15(10)13/h6-8,11H,9,17H2,1-5H3. The van der Waals surface area contributed by atoms with Crippen LogP contribution in [0.15, 0.2) is 12.1 Å². The Balaban J connectivity index is 2.59. The van der Waals surface area contributed by atoms with Gasteiger partial charge in [0.25, 0.3) is 0 Å². The Hall–Kier alpha value is -1.28. The van der Waals surface area contributed by atoms with Crippen molar-refractivity contribution in [1.82, 2.24) is 0 Å². The summed E-state index contributed by atoms with van der Waals surface area (Å²) in [5.74, 6) is 1.41. The smallest absolute Gasteiger partial charge is 0.131 e. The van der Waals surface area contributed by atoms with E-state index in [1.807, 2.05) is 0 Å². The second-order valence-corrected chi connectivity index (χ2v) is 5.83. The first kappa shape index (κ1) is 13.2. The van der Waals surface area contributed by atoms with E-state index in [0.29, 0.717) is 12.5 Å². The molecule has 2 rings (SSSR count). The van der Waals surface area contributed by atoms with E-state index < -0.39 is 0 Å². The van der Waals surface area contributed by atoms with Crippen LogP contribution in [-0.2, 0) is 0 Å². The molecule has 2 nitrogen and oxygen atoms in total. The number of hydrogen-bond acceptors (Lipinski definition) is 2. The number of ether oxygens (including phenoxy) is 1. The van der Waals surface area contributed by atoms with Crippen molar-refractivity contribution < 1.29 is 4.74 Å². The van der Waals surface area contributed by atoms with Crippen LogP contribution >= 0.6 is 0 Å². The first-order valence-corrected chi connectivity index (χ1v) is 6.58. The maximum Gasteiger partial charge on any atom is 0.131 e. The molecule has 1 aliphatic heterocycles. The van der Waals surface area contributed by atoms with Crippen LogP contribution < -0.4 is 10.5 Å². The van der Waals surface area contributed by atoms with Crippen molar-refractivity contribution in [3.63, 3.8) is 0 Å². The molecule has 2 N–H and O–H groups in total. The van der Waals surface area contributed by atoms with E-state index in [1.165, 1.54) is 22.3 Å². The van der Waals surface area contributed by atoms with Gasteiger partial charge in [-0.3, -0.25) is 0 Å². The van der Waals surface area contributed by atoms with Gasteiger partial charge in [0.1, 0.15) is 11.4 Å². The Bertz CT molecular complexity index is 500. The maximum absolute atomic E-state index is 6.08. The lowest BCUT2D eigenvalue weighted by molar-refractivity contribution is 0.157. The minimum atomic E-state index is -0.217. The minimum absolute atomic E-state index is 0.217. The molecule has 1 heterocycles. The SMILES string of the molecule is Cc1cc(C(C)CN)c(C)c2c1OC(C)(C)C=C2. The Morgan fingerprint density at radius 2 is 2.00 bits per heavy atom. The van der Waals surface area contributed by atoms with Gasteiger partial charge < -0.3 is 10.5 Å². The molecule has 1 aromatic rings. The van der Waals surface area contributed by atoms with E-state index in [1.54, 1.807) is 0 Å². The van der Waals surface area contributed by atoms with Crippen molar-refractivity contribution in [3.8, 4) is 5.75 Å². The lowest BCUT2D eigenvalue weighted by Gasteiger charge is -2.31. The van der Waals surface area contributed by atoms with Gasteiger partial charge in [0, 0.05) is 5.56 Å². The van der Waals surface area contributed by atoms with Crippen LogP contribution in [0.1, 0.15) is 48.9 Å². The largest absolute Gasteiger partial charge is 0.483 e. The fourth-order valence-electron chi connectivity index (χ4n) is 2.50. The van der Waals surface area contributed by atoms with E-state index in [4.69, 9.17) is 10.5 Å². The predicted molar refractivity (Wildman–Crippen MR) is 77.1 cm³/mol. The summed E-state index contributed by atoms with van der Waals surface area (Å²) < 4.78 is 6.08. The fraction of sp³-hybridized carbons (Fsp3) is 0.500. The van der Waals surface area contributed by atoms with Crippen molar-refractivity contribution in [2.45, 2.75) is 46.1 Å². The van der Waals surface area contributed by atoms with Gasteiger partial charge >= 0.3 is 0 Å². The van der Waals surface area contributed by atoms with Gasteiger partial charge in [-0.25, -0.2) is 0 Å². The average Bonchev–Trinajstić information content (AvgIpc) is 2.31. The normalized spacial score (nSPS) is 18.1. The number of aryl methyl sites for hydroxylation is 1. The van der Waals surface area contributed by atoms with Crippen molar-refractivity contribution in [1.29, 1.82) is 0 Å². The number of benzene rings is 1. The van der Waals surface area contributed by atoms with Crippen LogP contribution in [0.3, 0.4) is 0 Å². The first-order valence-electron chi connectivity index (χ1n) is 6.58. The topological polar surface area (TPSA) is 35.2 Å². The number of hydrogen-bond donors (Lipinski definition) is 1. The average molecular weight is 245 g/mol. The monoisotopic (exact) mass is 245 g/mol. The summed E-state index contributed by atoms with van der Waals surface area (Å²) in [4.78, 5) is 0. The third kappa shape index (κ3) is 2.17. The molecular formula is C16H23NO. The molecule has 0 bridgehead atoms. The van der Waals surface area contributed by atoms with Crippen molar-refractivity contribution >= 4 is 6.08 Å². The Labute approximate surface area is 110 Å². The van der Waals surface area contributed by atoms with Gasteiger partial charge in [0.2, 0.25) is 0 Å². The second kappa shape index (κ2) is 4.43. The van der Waals surface area contributed by atoms with Gasteiger partial charge in [-0.1, -0.05) is 19.1 Å². The molecule has 1 atom stereocenters. The van der Waals surface area contributed by atoms with Gasteiger partial charge in [0.15, 0.2) is 0 Å². The van der Waals surface area contributed by atoms with Crippen LogP contribution in [0.25, 0.3) is 6.08 Å². The highest BCUT2D eigenvalue weighted by atomic mass is 16.5.